The lowest BCUT2D eigenvalue weighted by Crippen LogP contribution is -2.64. The van der Waals surface area contributed by atoms with Crippen LogP contribution in [0.1, 0.15) is 71.1 Å². The highest BCUT2D eigenvalue weighted by atomic mass is 32.2. The molecule has 4 aliphatic heterocycles. The molecule has 4 fully saturated rings. The monoisotopic (exact) mass is 1160 g/mol. The Balaban J connectivity index is 0.000000234. The zero-order valence-corrected chi connectivity index (χ0v) is 45.4. The summed E-state index contributed by atoms with van der Waals surface area (Å²) in [5, 5.41) is 42.3. The van der Waals surface area contributed by atoms with Crippen molar-refractivity contribution in [2.24, 2.45) is 0 Å². The van der Waals surface area contributed by atoms with Crippen molar-refractivity contribution < 1.29 is 72.5 Å². The molecule has 4 aromatic rings. The van der Waals surface area contributed by atoms with Gasteiger partial charge in [-0.05, 0) is 62.8 Å². The molecule has 6 atom stereocenters. The number of amides is 8. The summed E-state index contributed by atoms with van der Waals surface area (Å²) in [7, 11) is 1.13. The molecule has 8 rings (SSSR count). The molecule has 0 radical (unpaired) electrons. The van der Waals surface area contributed by atoms with E-state index in [2.05, 4.69) is 46.2 Å². The van der Waals surface area contributed by atoms with Crippen LogP contribution in [0.15, 0.2) is 83.6 Å². The Morgan fingerprint density at radius 2 is 1.02 bits per heavy atom. The zero-order chi connectivity index (χ0) is 58.3. The molecule has 0 saturated carbocycles. The number of fused-ring (bicyclic) bond motifs is 2. The van der Waals surface area contributed by atoms with Crippen LogP contribution in [-0.2, 0) is 57.5 Å². The molecule has 0 unspecified atom stereocenters. The Morgan fingerprint density at radius 1 is 0.617 bits per heavy atom. The molecule has 8 amide bonds. The fraction of sp³-hybridized carbons (Fsp3) is 0.440. The number of rotatable bonds is 20. The summed E-state index contributed by atoms with van der Waals surface area (Å²) in [4.78, 5) is 160. The lowest BCUT2D eigenvalue weighted by atomic mass is 10.0. The van der Waals surface area contributed by atoms with E-state index in [1.54, 1.807) is 0 Å². The highest BCUT2D eigenvalue weighted by Crippen LogP contribution is 2.28. The first-order valence-electron chi connectivity index (χ1n) is 25.5. The predicted molar refractivity (Wildman–Crippen MR) is 281 cm³/mol. The number of ether oxygens (including phenoxy) is 1. The second kappa shape index (κ2) is 27.9. The number of thioether (sulfide) groups is 2. The average molecular weight is 1160 g/mol. The van der Waals surface area contributed by atoms with E-state index >= 15 is 0 Å². The van der Waals surface area contributed by atoms with Gasteiger partial charge in [-0.3, -0.25) is 62.8 Å². The van der Waals surface area contributed by atoms with Crippen molar-refractivity contribution in [1.29, 1.82) is 0 Å². The van der Waals surface area contributed by atoms with Crippen LogP contribution in [0.4, 0.5) is 4.79 Å². The number of carboxylic acid groups (broad SMARTS) is 2. The standard InChI is InChI=1S/C25H29N7O8S.C25H29N7O7S/c1-40-25(39)29-16-9-10-20(34)30-11-5-8-18(32(30)23(16)38)22(37)28-17(12-21(35)36)19(33)13-41-24-26-14-27-31(24)15-6-3-2-4-7-15;1-15(33)28-17-9-10-21(35)30-11-5-8-19(32(30)24(17)39)23(38)29-18(12-22(36)37)20(34)13-40-25-26-14-27-31(25)16-6-3-2-4-7-16/h2-4,6-7,14,16-18H,5,8-13H2,1H3,(H,28,37)(H,29,39)(H,35,36);2-4,6-7,14,17-19H,5,8-13H2,1H3,(H,28,33)(H,29,38)(H,36,37)/t16-,17-,18-;17-,18-,19-/m00/s1. The largest absolute Gasteiger partial charge is 0.481 e. The number of aliphatic carboxylic acids is 2. The van der Waals surface area contributed by atoms with E-state index in [4.69, 9.17) is 0 Å². The Bertz CT molecular complexity index is 3020. The molecule has 6 heterocycles. The molecule has 4 saturated heterocycles. The van der Waals surface area contributed by atoms with Gasteiger partial charge >= 0.3 is 18.0 Å². The number of para-hydroxylation sites is 2. The molecule has 2 aromatic heterocycles. The van der Waals surface area contributed by atoms with Gasteiger partial charge in [-0.25, -0.2) is 34.1 Å². The van der Waals surface area contributed by atoms with Crippen molar-refractivity contribution >= 4 is 94.5 Å². The van der Waals surface area contributed by atoms with Gasteiger partial charge in [0.25, 0.3) is 11.8 Å². The topological polar surface area (TPSA) is 377 Å². The van der Waals surface area contributed by atoms with Crippen LogP contribution < -0.4 is 21.3 Å². The van der Waals surface area contributed by atoms with Crippen molar-refractivity contribution in [1.82, 2.24) is 70.8 Å². The second-order valence-corrected chi connectivity index (χ2v) is 20.5. The highest BCUT2D eigenvalue weighted by molar-refractivity contribution is 8.00. The van der Waals surface area contributed by atoms with E-state index in [0.29, 0.717) is 28.8 Å². The van der Waals surface area contributed by atoms with Gasteiger partial charge in [0.2, 0.25) is 29.5 Å². The van der Waals surface area contributed by atoms with E-state index in [-0.39, 0.29) is 69.0 Å². The molecule has 31 heteroatoms. The number of nitrogens with zero attached hydrogens (tertiary/aromatic N) is 10. The van der Waals surface area contributed by atoms with Gasteiger partial charge in [0, 0.05) is 32.9 Å². The molecule has 2 aromatic carbocycles. The number of carbonyl (C=O) groups is 12. The minimum atomic E-state index is -1.40. The normalized spacial score (nSPS) is 19.7. The SMILES string of the molecule is CC(=O)N[C@H]1CCC(=O)N2CCC[C@@H](C(=O)N[C@@H](CC(=O)O)C(=O)CSc3ncnn3-c3ccccc3)N2C1=O.COC(=O)N[C@H]1CCC(=O)N2CCC[C@@H](C(=O)N[C@@H](CC(=O)O)C(=O)CSc3ncnn3-c3ccccc3)N2C1=O. The van der Waals surface area contributed by atoms with Gasteiger partial charge in [0.1, 0.15) is 36.8 Å². The van der Waals surface area contributed by atoms with Crippen molar-refractivity contribution in [2.75, 3.05) is 31.7 Å². The van der Waals surface area contributed by atoms with E-state index in [0.717, 1.165) is 46.3 Å². The number of carboxylic acids is 2. The molecule has 430 valence electrons. The van der Waals surface area contributed by atoms with Gasteiger partial charge in [-0.15, -0.1) is 0 Å². The maximum absolute atomic E-state index is 13.4. The quantitative estimate of drug-likeness (QED) is 0.0637. The number of benzene rings is 2. The van der Waals surface area contributed by atoms with E-state index < -0.39 is 114 Å². The number of hydrogen-bond donors (Lipinski definition) is 6. The third-order valence-corrected chi connectivity index (χ3v) is 15.0. The number of hydrogen-bond acceptors (Lipinski definition) is 19. The summed E-state index contributed by atoms with van der Waals surface area (Å²) >= 11 is 2.07. The molecule has 4 aliphatic rings. The lowest BCUT2D eigenvalue weighted by molar-refractivity contribution is -0.176. The van der Waals surface area contributed by atoms with Gasteiger partial charge < -0.3 is 36.2 Å². The molecule has 0 aliphatic carbocycles. The number of ketones is 2. The minimum Gasteiger partial charge on any atom is -0.481 e. The van der Waals surface area contributed by atoms with Crippen LogP contribution in [0.5, 0.6) is 0 Å². The van der Waals surface area contributed by atoms with Crippen LogP contribution in [0.3, 0.4) is 0 Å². The summed E-state index contributed by atoms with van der Waals surface area (Å²) < 4.78 is 7.64. The summed E-state index contributed by atoms with van der Waals surface area (Å²) in [5.41, 5.74) is 1.44. The first kappa shape index (κ1) is 59.9. The minimum absolute atomic E-state index is 0.00642. The van der Waals surface area contributed by atoms with Crippen LogP contribution in [0.25, 0.3) is 11.4 Å². The first-order valence-corrected chi connectivity index (χ1v) is 27.5. The average Bonchev–Trinajstić information content (AvgIpc) is 4.34. The molecular formula is C50H58N14O15S2. The van der Waals surface area contributed by atoms with Crippen LogP contribution in [-0.4, -0.2) is 199 Å². The number of carbonyl (C=O) groups excluding carboxylic acids is 10. The lowest BCUT2D eigenvalue weighted by Gasteiger charge is -2.43. The van der Waals surface area contributed by atoms with E-state index in [9.17, 15) is 67.7 Å². The maximum atomic E-state index is 13.4. The Kier molecular flexibility index (Phi) is 20.6. The van der Waals surface area contributed by atoms with Crippen molar-refractivity contribution in [3.8, 4) is 11.4 Å². The van der Waals surface area contributed by atoms with Crippen LogP contribution in [0, 0.1) is 0 Å². The zero-order valence-electron chi connectivity index (χ0n) is 43.8. The van der Waals surface area contributed by atoms with Crippen LogP contribution >= 0.6 is 23.5 Å². The Labute approximate surface area is 470 Å². The van der Waals surface area contributed by atoms with E-state index in [1.165, 1.54) is 39.0 Å². The second-order valence-electron chi connectivity index (χ2n) is 18.6. The maximum Gasteiger partial charge on any atom is 0.407 e. The first-order chi connectivity index (χ1) is 38.8. The number of aromatic nitrogens is 6. The fourth-order valence-corrected chi connectivity index (χ4v) is 11.0. The smallest absolute Gasteiger partial charge is 0.407 e. The summed E-state index contributed by atoms with van der Waals surface area (Å²) in [6.45, 7) is 1.66. The number of methoxy groups -OCH3 is 1. The molecule has 0 bridgehead atoms. The number of Topliss-reactive ketones (excluding diaryl/α,β-unsaturated/α-hetero) is 2. The number of nitrogens with one attached hydrogen (secondary N) is 4. The van der Waals surface area contributed by atoms with Crippen molar-refractivity contribution in [3.05, 3.63) is 73.3 Å². The summed E-state index contributed by atoms with van der Waals surface area (Å²) in [6, 6.07) is 11.0. The third-order valence-electron chi connectivity index (χ3n) is 13.1. The van der Waals surface area contributed by atoms with Gasteiger partial charge in [0.15, 0.2) is 21.9 Å². The molecule has 29 nitrogen and oxygen atoms in total. The van der Waals surface area contributed by atoms with Gasteiger partial charge in [-0.2, -0.15) is 10.2 Å². The Morgan fingerprint density at radius 3 is 1.41 bits per heavy atom. The summed E-state index contributed by atoms with van der Waals surface area (Å²) in [6.07, 6.45) is 1.66. The molecule has 81 heavy (non-hydrogen) atoms. The Hall–Kier alpha value is -8.74. The predicted octanol–water partition coefficient (Wildman–Crippen LogP) is 0.0621. The van der Waals surface area contributed by atoms with Crippen LogP contribution in [0.2, 0.25) is 0 Å². The number of alkyl carbamates (subject to hydrolysis) is 1. The van der Waals surface area contributed by atoms with Gasteiger partial charge in [0.05, 0.1) is 54.9 Å². The summed E-state index contributed by atoms with van der Waals surface area (Å²) in [5.74, 6) is -8.23. The fourth-order valence-electron chi connectivity index (χ4n) is 9.26. The van der Waals surface area contributed by atoms with Gasteiger partial charge in [-0.1, -0.05) is 59.9 Å². The third kappa shape index (κ3) is 15.3. The number of hydrazine groups is 2. The molecule has 0 spiro atoms. The molecular weight excluding hydrogens is 1100 g/mol. The van der Waals surface area contributed by atoms with Crippen molar-refractivity contribution in [3.63, 3.8) is 0 Å². The highest BCUT2D eigenvalue weighted by Gasteiger charge is 2.47. The van der Waals surface area contributed by atoms with Crippen molar-refractivity contribution in [2.45, 2.75) is 118 Å². The van der Waals surface area contributed by atoms with E-state index in [1.807, 2.05) is 60.7 Å². The molecule has 6 N–H and O–H groups in total.